The van der Waals surface area contributed by atoms with E-state index >= 15 is 0 Å². The van der Waals surface area contributed by atoms with E-state index < -0.39 is 10.0 Å². The highest BCUT2D eigenvalue weighted by atomic mass is 32.2. The Morgan fingerprint density at radius 2 is 2.15 bits per heavy atom. The number of pyridine rings is 1. The Balaban J connectivity index is 2.39. The van der Waals surface area contributed by atoms with Gasteiger partial charge in [-0.2, -0.15) is 4.31 Å². The van der Waals surface area contributed by atoms with Crippen LogP contribution in [-0.4, -0.2) is 35.8 Å². The monoisotopic (exact) mass is 313 g/mol. The van der Waals surface area contributed by atoms with Crippen molar-refractivity contribution in [2.24, 2.45) is 17.6 Å². The summed E-state index contributed by atoms with van der Waals surface area (Å²) >= 11 is 4.89. The summed E-state index contributed by atoms with van der Waals surface area (Å²) in [5.74, 6) is 0.869. The molecule has 0 amide bonds. The molecule has 1 aromatic rings. The van der Waals surface area contributed by atoms with Crippen LogP contribution in [0.25, 0.3) is 0 Å². The minimum Gasteiger partial charge on any atom is -0.388 e. The molecule has 1 aromatic heterocycles. The zero-order valence-electron chi connectivity index (χ0n) is 11.6. The number of thiocarbonyl (C=S) groups is 1. The highest BCUT2D eigenvalue weighted by molar-refractivity contribution is 7.89. The number of nitrogens with zero attached hydrogens (tertiary/aromatic N) is 2. The third-order valence-electron chi connectivity index (χ3n) is 3.92. The quantitative estimate of drug-likeness (QED) is 0.853. The zero-order valence-corrected chi connectivity index (χ0v) is 13.2. The molecule has 5 nitrogen and oxygen atoms in total. The Morgan fingerprint density at radius 3 is 2.75 bits per heavy atom. The molecule has 2 heterocycles. The van der Waals surface area contributed by atoms with E-state index in [4.69, 9.17) is 18.0 Å². The van der Waals surface area contributed by atoms with E-state index in [9.17, 15) is 8.42 Å². The maximum Gasteiger partial charge on any atom is 0.245 e. The van der Waals surface area contributed by atoms with Crippen LogP contribution in [-0.2, 0) is 10.0 Å². The second-order valence-electron chi connectivity index (χ2n) is 5.32. The lowest BCUT2D eigenvalue weighted by Crippen LogP contribution is -2.42. The van der Waals surface area contributed by atoms with Gasteiger partial charge in [-0.1, -0.05) is 26.1 Å². The van der Waals surface area contributed by atoms with Crippen LogP contribution in [0.15, 0.2) is 23.2 Å². The van der Waals surface area contributed by atoms with Crippen molar-refractivity contribution < 1.29 is 8.42 Å². The molecule has 1 aliphatic rings. The third-order valence-corrected chi connectivity index (χ3v) is 6.01. The summed E-state index contributed by atoms with van der Waals surface area (Å²) in [4.78, 5) is 4.11. The summed E-state index contributed by atoms with van der Waals surface area (Å²) in [6.07, 6.45) is 2.36. The predicted molar refractivity (Wildman–Crippen MR) is 81.8 cm³/mol. The molecule has 7 heteroatoms. The first-order valence-corrected chi connectivity index (χ1v) is 8.44. The Kier molecular flexibility index (Phi) is 4.41. The molecular formula is C13H19N3O2S2. The molecule has 110 valence electrons. The number of nitrogens with two attached hydrogens (primary N) is 1. The van der Waals surface area contributed by atoms with Crippen molar-refractivity contribution in [2.45, 2.75) is 25.2 Å². The molecule has 1 saturated heterocycles. The lowest BCUT2D eigenvalue weighted by molar-refractivity contribution is 0.212. The molecule has 0 bridgehead atoms. The van der Waals surface area contributed by atoms with Crippen LogP contribution < -0.4 is 5.73 Å². The number of aromatic nitrogens is 1. The lowest BCUT2D eigenvalue weighted by Gasteiger charge is -2.34. The van der Waals surface area contributed by atoms with Crippen molar-refractivity contribution in [3.8, 4) is 0 Å². The average molecular weight is 313 g/mol. The van der Waals surface area contributed by atoms with E-state index in [1.165, 1.54) is 16.6 Å². The van der Waals surface area contributed by atoms with Gasteiger partial charge in [-0.15, -0.1) is 0 Å². The molecular weight excluding hydrogens is 294 g/mol. The van der Waals surface area contributed by atoms with Crippen molar-refractivity contribution in [1.82, 2.24) is 9.29 Å². The molecule has 2 N–H and O–H groups in total. The van der Waals surface area contributed by atoms with Crippen molar-refractivity contribution in [3.05, 3.63) is 24.0 Å². The molecule has 1 aliphatic heterocycles. The molecule has 2 unspecified atom stereocenters. The Hall–Kier alpha value is -1.05. The zero-order chi connectivity index (χ0) is 14.9. The summed E-state index contributed by atoms with van der Waals surface area (Å²) in [6.45, 7) is 5.28. The van der Waals surface area contributed by atoms with Crippen molar-refractivity contribution in [3.63, 3.8) is 0 Å². The number of rotatable bonds is 3. The largest absolute Gasteiger partial charge is 0.388 e. The second-order valence-corrected chi connectivity index (χ2v) is 7.67. The fourth-order valence-electron chi connectivity index (χ4n) is 2.37. The molecule has 0 spiro atoms. The van der Waals surface area contributed by atoms with Crippen LogP contribution in [0.1, 0.15) is 26.0 Å². The molecule has 0 radical (unpaired) electrons. The summed E-state index contributed by atoms with van der Waals surface area (Å²) < 4.78 is 27.0. The van der Waals surface area contributed by atoms with Gasteiger partial charge in [-0.25, -0.2) is 8.42 Å². The number of sulfonamides is 1. The fourth-order valence-corrected chi connectivity index (χ4v) is 4.31. The first-order valence-electron chi connectivity index (χ1n) is 6.59. The normalized spacial score (nSPS) is 24.5. The topological polar surface area (TPSA) is 76.3 Å². The smallest absolute Gasteiger partial charge is 0.245 e. The van der Waals surface area contributed by atoms with Gasteiger partial charge >= 0.3 is 0 Å². The van der Waals surface area contributed by atoms with Gasteiger partial charge in [-0.3, -0.25) is 4.98 Å². The third kappa shape index (κ3) is 2.84. The highest BCUT2D eigenvalue weighted by Crippen LogP contribution is 2.28. The van der Waals surface area contributed by atoms with E-state index in [2.05, 4.69) is 18.8 Å². The molecule has 1 fully saturated rings. The van der Waals surface area contributed by atoms with Gasteiger partial charge < -0.3 is 5.73 Å². The summed E-state index contributed by atoms with van der Waals surface area (Å²) in [7, 11) is -3.59. The molecule has 2 atom stereocenters. The van der Waals surface area contributed by atoms with Crippen LogP contribution in [0.4, 0.5) is 0 Å². The summed E-state index contributed by atoms with van der Waals surface area (Å²) in [5.41, 5.74) is 5.75. The minimum absolute atomic E-state index is 0.00241. The second kappa shape index (κ2) is 5.75. The van der Waals surface area contributed by atoms with Crippen LogP contribution in [0, 0.1) is 11.8 Å². The fraction of sp³-hybridized carbons (Fsp3) is 0.538. The lowest BCUT2D eigenvalue weighted by atomic mass is 9.90. The van der Waals surface area contributed by atoms with Gasteiger partial charge in [0.15, 0.2) is 0 Å². The summed E-state index contributed by atoms with van der Waals surface area (Å²) in [6, 6.07) is 3.10. The SMILES string of the molecule is CC1CCN(S(=O)(=O)c2cccnc2C(N)=S)CC1C. The van der Waals surface area contributed by atoms with Crippen LogP contribution in [0.2, 0.25) is 0 Å². The molecule has 0 aliphatic carbocycles. The Bertz CT molecular complexity index is 616. The van der Waals surface area contributed by atoms with E-state index in [1.807, 2.05) is 0 Å². The number of hydrogen-bond donors (Lipinski definition) is 1. The Labute approximate surface area is 125 Å². The van der Waals surface area contributed by atoms with Crippen LogP contribution >= 0.6 is 12.2 Å². The molecule has 0 saturated carbocycles. The highest BCUT2D eigenvalue weighted by Gasteiger charge is 2.33. The van der Waals surface area contributed by atoms with Gasteiger partial charge in [0.2, 0.25) is 10.0 Å². The van der Waals surface area contributed by atoms with Crippen molar-refractivity contribution in [2.75, 3.05) is 13.1 Å². The number of hydrogen-bond acceptors (Lipinski definition) is 4. The maximum atomic E-state index is 12.7. The average Bonchev–Trinajstić information content (AvgIpc) is 2.41. The van der Waals surface area contributed by atoms with Gasteiger partial charge in [0.1, 0.15) is 15.6 Å². The van der Waals surface area contributed by atoms with Gasteiger partial charge in [-0.05, 0) is 30.4 Å². The Morgan fingerprint density at radius 1 is 1.45 bits per heavy atom. The van der Waals surface area contributed by atoms with Gasteiger partial charge in [0.25, 0.3) is 0 Å². The standard InChI is InChI=1S/C13H19N3O2S2/c1-9-5-7-16(8-10(9)2)20(17,18)11-4-3-6-15-12(11)13(14)19/h3-4,6,9-10H,5,7-8H2,1-2H3,(H2,14,19). The van der Waals surface area contributed by atoms with Crippen LogP contribution in [0.3, 0.4) is 0 Å². The van der Waals surface area contributed by atoms with Crippen molar-refractivity contribution >= 4 is 27.2 Å². The van der Waals surface area contributed by atoms with Crippen molar-refractivity contribution in [1.29, 1.82) is 0 Å². The van der Waals surface area contributed by atoms with E-state index in [-0.39, 0.29) is 15.6 Å². The molecule has 20 heavy (non-hydrogen) atoms. The maximum absolute atomic E-state index is 12.7. The predicted octanol–water partition coefficient (Wildman–Crippen LogP) is 1.38. The molecule has 2 rings (SSSR count). The first kappa shape index (κ1) is 15.3. The number of piperidine rings is 1. The molecule has 0 aromatic carbocycles. The van der Waals surface area contributed by atoms with E-state index in [0.29, 0.717) is 24.9 Å². The van der Waals surface area contributed by atoms with E-state index in [1.54, 1.807) is 6.07 Å². The van der Waals surface area contributed by atoms with Gasteiger partial charge in [0.05, 0.1) is 0 Å². The van der Waals surface area contributed by atoms with Gasteiger partial charge in [0, 0.05) is 19.3 Å². The summed E-state index contributed by atoms with van der Waals surface area (Å²) in [5, 5.41) is 0. The van der Waals surface area contributed by atoms with Crippen LogP contribution in [0.5, 0.6) is 0 Å². The van der Waals surface area contributed by atoms with E-state index in [0.717, 1.165) is 6.42 Å². The first-order chi connectivity index (χ1) is 9.34. The minimum atomic E-state index is -3.59.